The van der Waals surface area contributed by atoms with Gasteiger partial charge in [-0.2, -0.15) is 0 Å². The maximum atomic E-state index is 9.84. The Morgan fingerprint density at radius 3 is 2.90 bits per heavy atom. The Hall–Kier alpha value is -0.660. The van der Waals surface area contributed by atoms with Crippen LogP contribution >= 0.6 is 34.7 Å². The van der Waals surface area contributed by atoms with E-state index in [9.17, 15) is 5.11 Å². The number of thioether (sulfide) groups is 1. The predicted molar refractivity (Wildman–Crippen MR) is 82.5 cm³/mol. The van der Waals surface area contributed by atoms with Crippen molar-refractivity contribution >= 4 is 34.7 Å². The zero-order chi connectivity index (χ0) is 14.4. The molecule has 7 heteroatoms. The summed E-state index contributed by atoms with van der Waals surface area (Å²) in [7, 11) is 0. The van der Waals surface area contributed by atoms with Crippen LogP contribution in [0.4, 0.5) is 0 Å². The Morgan fingerprint density at radius 2 is 2.20 bits per heavy atom. The number of benzene rings is 1. The standard InChI is InChI=1S/C13H15ClN2O2S2/c1-9-15-16-13(20-9)19-8-11(17)7-18-6-10-4-2-3-5-12(10)14/h2-5,11,17H,6-8H2,1H3. The molecule has 1 aromatic heterocycles. The molecule has 0 spiro atoms. The highest BCUT2D eigenvalue weighted by Gasteiger charge is 2.09. The zero-order valence-corrected chi connectivity index (χ0v) is 13.3. The van der Waals surface area contributed by atoms with Crippen LogP contribution in [0.3, 0.4) is 0 Å². The van der Waals surface area contributed by atoms with Gasteiger partial charge in [0.25, 0.3) is 0 Å². The monoisotopic (exact) mass is 330 g/mol. The lowest BCUT2D eigenvalue weighted by Gasteiger charge is -2.10. The molecule has 0 aliphatic heterocycles. The Bertz CT molecular complexity index is 551. The summed E-state index contributed by atoms with van der Waals surface area (Å²) in [6, 6.07) is 7.52. The molecule has 1 heterocycles. The molecule has 0 saturated heterocycles. The normalized spacial score (nSPS) is 12.6. The molecule has 2 aromatic rings. The van der Waals surface area contributed by atoms with Crippen molar-refractivity contribution in [2.45, 2.75) is 24.0 Å². The van der Waals surface area contributed by atoms with Crippen LogP contribution in [0.25, 0.3) is 0 Å². The largest absolute Gasteiger partial charge is 0.390 e. The molecule has 0 aliphatic carbocycles. The van der Waals surface area contributed by atoms with Crippen molar-refractivity contribution < 1.29 is 9.84 Å². The molecule has 0 amide bonds. The lowest BCUT2D eigenvalue weighted by atomic mass is 10.2. The third-order valence-electron chi connectivity index (χ3n) is 2.43. The van der Waals surface area contributed by atoms with Crippen LogP contribution in [0.1, 0.15) is 10.6 Å². The Kier molecular flexibility index (Phi) is 6.25. The van der Waals surface area contributed by atoms with E-state index in [0.29, 0.717) is 17.4 Å². The summed E-state index contributed by atoms with van der Waals surface area (Å²) < 4.78 is 6.34. The van der Waals surface area contributed by atoms with Gasteiger partial charge in [-0.3, -0.25) is 0 Å². The Labute approximate surface area is 131 Å². The first kappa shape index (κ1) is 15.7. The number of rotatable bonds is 7. The molecule has 2 rings (SSSR count). The summed E-state index contributed by atoms with van der Waals surface area (Å²) in [6.45, 7) is 2.58. The molecule has 1 unspecified atom stereocenters. The highest BCUT2D eigenvalue weighted by atomic mass is 35.5. The molecule has 0 saturated carbocycles. The summed E-state index contributed by atoms with van der Waals surface area (Å²) in [5.74, 6) is 0.539. The molecule has 0 fully saturated rings. The molecule has 20 heavy (non-hydrogen) atoms. The quantitative estimate of drug-likeness (QED) is 0.790. The number of hydrogen-bond donors (Lipinski definition) is 1. The van der Waals surface area contributed by atoms with E-state index in [1.54, 1.807) is 0 Å². The number of aliphatic hydroxyl groups excluding tert-OH is 1. The highest BCUT2D eigenvalue weighted by Crippen LogP contribution is 2.22. The van der Waals surface area contributed by atoms with Crippen molar-refractivity contribution in [3.8, 4) is 0 Å². The van der Waals surface area contributed by atoms with E-state index in [1.165, 1.54) is 23.1 Å². The Morgan fingerprint density at radius 1 is 1.40 bits per heavy atom. The number of hydrogen-bond acceptors (Lipinski definition) is 6. The fourth-order valence-electron chi connectivity index (χ4n) is 1.47. The van der Waals surface area contributed by atoms with Crippen LogP contribution in [-0.4, -0.2) is 33.8 Å². The maximum absolute atomic E-state index is 9.84. The first-order valence-electron chi connectivity index (χ1n) is 6.07. The van der Waals surface area contributed by atoms with Gasteiger partial charge in [-0.25, -0.2) is 0 Å². The number of aliphatic hydroxyl groups is 1. The fourth-order valence-corrected chi connectivity index (χ4v) is 3.41. The molecule has 4 nitrogen and oxygen atoms in total. The number of ether oxygens (including phenoxy) is 1. The van der Waals surface area contributed by atoms with E-state index in [-0.39, 0.29) is 6.61 Å². The van der Waals surface area contributed by atoms with Crippen molar-refractivity contribution in [1.29, 1.82) is 0 Å². The Balaban J connectivity index is 1.67. The van der Waals surface area contributed by atoms with Crippen LogP contribution in [-0.2, 0) is 11.3 Å². The van der Waals surface area contributed by atoms with Gasteiger partial charge in [-0.05, 0) is 18.6 Å². The van der Waals surface area contributed by atoms with Gasteiger partial charge in [0.15, 0.2) is 4.34 Å². The molecular formula is C13H15ClN2O2S2. The second kappa shape index (κ2) is 7.95. The van der Waals surface area contributed by atoms with Crippen molar-refractivity contribution in [1.82, 2.24) is 10.2 Å². The van der Waals surface area contributed by atoms with Gasteiger partial charge in [-0.15, -0.1) is 10.2 Å². The lowest BCUT2D eigenvalue weighted by molar-refractivity contribution is 0.0398. The molecule has 0 bridgehead atoms. The second-order valence-electron chi connectivity index (χ2n) is 4.16. The smallest absolute Gasteiger partial charge is 0.174 e. The third-order valence-corrected chi connectivity index (χ3v) is 4.92. The van der Waals surface area contributed by atoms with Gasteiger partial charge in [-0.1, -0.05) is 52.9 Å². The van der Waals surface area contributed by atoms with E-state index >= 15 is 0 Å². The molecular weight excluding hydrogens is 316 g/mol. The van der Waals surface area contributed by atoms with E-state index in [1.807, 2.05) is 31.2 Å². The number of nitrogens with zero attached hydrogens (tertiary/aromatic N) is 2. The molecule has 1 aromatic carbocycles. The van der Waals surface area contributed by atoms with Crippen LogP contribution < -0.4 is 0 Å². The highest BCUT2D eigenvalue weighted by molar-refractivity contribution is 8.01. The fraction of sp³-hybridized carbons (Fsp3) is 0.385. The van der Waals surface area contributed by atoms with E-state index in [4.69, 9.17) is 16.3 Å². The van der Waals surface area contributed by atoms with Gasteiger partial charge in [0, 0.05) is 10.8 Å². The van der Waals surface area contributed by atoms with Crippen LogP contribution in [0.5, 0.6) is 0 Å². The molecule has 0 aliphatic rings. The van der Waals surface area contributed by atoms with E-state index in [0.717, 1.165) is 14.9 Å². The topological polar surface area (TPSA) is 55.2 Å². The average molecular weight is 331 g/mol. The van der Waals surface area contributed by atoms with Gasteiger partial charge in [0.05, 0.1) is 19.3 Å². The van der Waals surface area contributed by atoms with Crippen LogP contribution in [0, 0.1) is 6.92 Å². The SMILES string of the molecule is Cc1nnc(SCC(O)COCc2ccccc2Cl)s1. The van der Waals surface area contributed by atoms with Gasteiger partial charge < -0.3 is 9.84 Å². The first-order valence-corrected chi connectivity index (χ1v) is 8.25. The van der Waals surface area contributed by atoms with Gasteiger partial charge >= 0.3 is 0 Å². The summed E-state index contributed by atoms with van der Waals surface area (Å²) in [5, 5.41) is 19.4. The minimum atomic E-state index is -0.535. The number of aromatic nitrogens is 2. The number of aryl methyl sites for hydroxylation is 1. The lowest BCUT2D eigenvalue weighted by Crippen LogP contribution is -2.17. The van der Waals surface area contributed by atoms with Crippen molar-refractivity contribution in [2.24, 2.45) is 0 Å². The van der Waals surface area contributed by atoms with Gasteiger partial charge in [0.1, 0.15) is 5.01 Å². The van der Waals surface area contributed by atoms with Gasteiger partial charge in [0.2, 0.25) is 0 Å². The zero-order valence-electron chi connectivity index (χ0n) is 11.0. The molecule has 108 valence electrons. The summed E-state index contributed by atoms with van der Waals surface area (Å²) in [4.78, 5) is 0. The molecule has 1 atom stereocenters. The summed E-state index contributed by atoms with van der Waals surface area (Å²) >= 11 is 9.03. The first-order chi connectivity index (χ1) is 9.65. The summed E-state index contributed by atoms with van der Waals surface area (Å²) in [5.41, 5.74) is 0.925. The maximum Gasteiger partial charge on any atom is 0.174 e. The minimum absolute atomic E-state index is 0.274. The predicted octanol–water partition coefficient (Wildman–Crippen LogP) is 3.17. The van der Waals surface area contributed by atoms with Crippen molar-refractivity contribution in [2.75, 3.05) is 12.4 Å². The second-order valence-corrected chi connectivity index (χ2v) is 7.01. The minimum Gasteiger partial charge on any atom is -0.390 e. The van der Waals surface area contributed by atoms with Crippen LogP contribution in [0.2, 0.25) is 5.02 Å². The van der Waals surface area contributed by atoms with Crippen molar-refractivity contribution in [3.63, 3.8) is 0 Å². The van der Waals surface area contributed by atoms with Crippen molar-refractivity contribution in [3.05, 3.63) is 39.9 Å². The van der Waals surface area contributed by atoms with E-state index < -0.39 is 6.10 Å². The molecule has 0 radical (unpaired) electrons. The van der Waals surface area contributed by atoms with E-state index in [2.05, 4.69) is 10.2 Å². The summed E-state index contributed by atoms with van der Waals surface area (Å²) in [6.07, 6.45) is -0.535. The third kappa shape index (κ3) is 5.03. The average Bonchev–Trinajstić information content (AvgIpc) is 2.84. The number of halogens is 1. The van der Waals surface area contributed by atoms with Crippen LogP contribution in [0.15, 0.2) is 28.6 Å². The molecule has 1 N–H and O–H groups in total.